The van der Waals surface area contributed by atoms with Crippen molar-refractivity contribution in [1.82, 2.24) is 30.4 Å². The van der Waals surface area contributed by atoms with Gasteiger partial charge in [-0.05, 0) is 36.1 Å². The molecule has 1 aromatic heterocycles. The zero-order valence-electron chi connectivity index (χ0n) is 12.5. The van der Waals surface area contributed by atoms with Crippen LogP contribution in [0.1, 0.15) is 25.6 Å². The van der Waals surface area contributed by atoms with Crippen molar-refractivity contribution in [2.45, 2.75) is 38.4 Å². The molecule has 2 fully saturated rings. The predicted molar refractivity (Wildman–Crippen MR) is 74.5 cm³/mol. The van der Waals surface area contributed by atoms with Crippen molar-refractivity contribution in [2.75, 3.05) is 19.6 Å². The Kier molecular flexibility index (Phi) is 4.05. The third-order valence-electron chi connectivity index (χ3n) is 4.05. The lowest BCUT2D eigenvalue weighted by molar-refractivity contribution is -0.0730. The van der Waals surface area contributed by atoms with Gasteiger partial charge in [0.25, 0.3) is 0 Å². The van der Waals surface area contributed by atoms with Gasteiger partial charge >= 0.3 is 6.03 Å². The average Bonchev–Trinajstić information content (AvgIpc) is 3.23. The van der Waals surface area contributed by atoms with Crippen molar-refractivity contribution in [2.24, 2.45) is 13.0 Å². The summed E-state index contributed by atoms with van der Waals surface area (Å²) in [6.07, 6.45) is 3.40. The van der Waals surface area contributed by atoms with E-state index in [0.717, 1.165) is 5.82 Å². The van der Waals surface area contributed by atoms with Crippen LogP contribution < -0.4 is 5.32 Å². The highest BCUT2D eigenvalue weighted by atomic mass is 16.5. The zero-order chi connectivity index (χ0) is 14.8. The van der Waals surface area contributed by atoms with Crippen LogP contribution in [0.5, 0.6) is 0 Å². The van der Waals surface area contributed by atoms with Gasteiger partial charge in [0.15, 0.2) is 5.82 Å². The number of amides is 2. The first-order valence-corrected chi connectivity index (χ1v) is 7.53. The Hall–Kier alpha value is -1.70. The molecule has 0 spiro atoms. The van der Waals surface area contributed by atoms with Gasteiger partial charge in [0.2, 0.25) is 0 Å². The summed E-state index contributed by atoms with van der Waals surface area (Å²) in [7, 11) is 1.79. The smallest absolute Gasteiger partial charge is 0.317 e. The summed E-state index contributed by atoms with van der Waals surface area (Å²) in [6, 6.07) is -0.0223. The molecule has 8 heteroatoms. The molecule has 2 atom stereocenters. The van der Waals surface area contributed by atoms with E-state index in [0.29, 0.717) is 32.0 Å². The number of hydrogen-bond acceptors (Lipinski definition) is 5. The Balaban J connectivity index is 1.46. The number of morpholine rings is 1. The lowest BCUT2D eigenvalue weighted by Crippen LogP contribution is -2.53. The normalized spacial score (nSPS) is 25.9. The van der Waals surface area contributed by atoms with Gasteiger partial charge in [0, 0.05) is 33.1 Å². The van der Waals surface area contributed by atoms with Gasteiger partial charge in [0.1, 0.15) is 0 Å². The lowest BCUT2D eigenvalue weighted by atomic mass is 10.1. The monoisotopic (exact) mass is 294 g/mol. The van der Waals surface area contributed by atoms with E-state index in [1.165, 1.54) is 12.8 Å². The maximum absolute atomic E-state index is 12.2. The predicted octanol–water partition coefficient (Wildman–Crippen LogP) is -0.0385. The molecule has 0 radical (unpaired) electrons. The molecule has 1 saturated carbocycles. The number of hydrogen-bond donors (Lipinski definition) is 1. The molecule has 8 nitrogen and oxygen atoms in total. The summed E-state index contributed by atoms with van der Waals surface area (Å²) in [5.41, 5.74) is 0. The third-order valence-corrected chi connectivity index (χ3v) is 4.05. The number of tetrazole rings is 1. The first kappa shape index (κ1) is 14.2. The number of carbonyl (C=O) groups is 1. The van der Waals surface area contributed by atoms with Gasteiger partial charge in [-0.1, -0.05) is 0 Å². The summed E-state index contributed by atoms with van der Waals surface area (Å²) in [4.78, 5) is 14.1. The molecular weight excluding hydrogens is 272 g/mol. The minimum atomic E-state index is -0.0223. The van der Waals surface area contributed by atoms with Gasteiger partial charge < -0.3 is 15.0 Å². The van der Waals surface area contributed by atoms with Crippen LogP contribution in [0.25, 0.3) is 0 Å². The maximum Gasteiger partial charge on any atom is 0.317 e. The number of carbonyl (C=O) groups excluding carboxylic acids is 1. The number of ether oxygens (including phenoxy) is 1. The Morgan fingerprint density at radius 2 is 2.24 bits per heavy atom. The highest BCUT2D eigenvalue weighted by Crippen LogP contribution is 2.36. The molecule has 1 aliphatic heterocycles. The minimum absolute atomic E-state index is 0.0223. The molecule has 2 heterocycles. The van der Waals surface area contributed by atoms with Crippen molar-refractivity contribution in [3.63, 3.8) is 0 Å². The number of rotatable bonds is 4. The fourth-order valence-corrected chi connectivity index (χ4v) is 2.73. The molecule has 1 saturated heterocycles. The molecule has 3 rings (SSSR count). The van der Waals surface area contributed by atoms with Crippen LogP contribution in [-0.4, -0.2) is 63.0 Å². The number of urea groups is 1. The van der Waals surface area contributed by atoms with Gasteiger partial charge in [-0.3, -0.25) is 0 Å². The van der Waals surface area contributed by atoms with Crippen molar-refractivity contribution < 1.29 is 9.53 Å². The quantitative estimate of drug-likeness (QED) is 0.842. The molecule has 2 aliphatic rings. The van der Waals surface area contributed by atoms with Gasteiger partial charge in [-0.25, -0.2) is 9.48 Å². The van der Waals surface area contributed by atoms with Crippen LogP contribution in [0.3, 0.4) is 0 Å². The first-order valence-electron chi connectivity index (χ1n) is 7.53. The van der Waals surface area contributed by atoms with Crippen LogP contribution >= 0.6 is 0 Å². The van der Waals surface area contributed by atoms with Crippen molar-refractivity contribution in [1.29, 1.82) is 0 Å². The summed E-state index contributed by atoms with van der Waals surface area (Å²) < 4.78 is 7.54. The van der Waals surface area contributed by atoms with E-state index in [9.17, 15) is 4.79 Å². The van der Waals surface area contributed by atoms with Crippen LogP contribution in [0.2, 0.25) is 0 Å². The molecule has 0 aromatic carbocycles. The van der Waals surface area contributed by atoms with E-state index in [2.05, 4.69) is 20.8 Å². The van der Waals surface area contributed by atoms with Gasteiger partial charge in [-0.2, -0.15) is 0 Å². The Bertz CT molecular complexity index is 501. The molecule has 116 valence electrons. The number of nitrogens with one attached hydrogen (secondary N) is 1. The summed E-state index contributed by atoms with van der Waals surface area (Å²) in [5.74, 6) is 1.41. The molecule has 2 unspecified atom stereocenters. The fraction of sp³-hybridized carbons (Fsp3) is 0.846. The molecule has 1 aliphatic carbocycles. The molecular formula is C13H22N6O2. The Morgan fingerprint density at radius 3 is 2.90 bits per heavy atom. The minimum Gasteiger partial charge on any atom is -0.371 e. The third kappa shape index (κ3) is 3.49. The van der Waals surface area contributed by atoms with Crippen molar-refractivity contribution in [3.05, 3.63) is 5.82 Å². The second kappa shape index (κ2) is 5.97. The molecule has 21 heavy (non-hydrogen) atoms. The number of aromatic nitrogens is 4. The average molecular weight is 294 g/mol. The summed E-state index contributed by atoms with van der Waals surface area (Å²) in [6.45, 7) is 3.92. The van der Waals surface area contributed by atoms with Gasteiger partial charge in [0.05, 0.1) is 12.2 Å². The standard InChI is InChI=1S/C13H22N6O2/c1-9-7-19(8-11(21-9)10-3-4-10)13(20)14-6-5-12-15-16-17-18(12)2/h9-11H,3-8H2,1-2H3,(H,14,20). The molecule has 1 N–H and O–H groups in total. The van der Waals surface area contributed by atoms with Gasteiger partial charge in [-0.15, -0.1) is 5.10 Å². The van der Waals surface area contributed by atoms with Crippen LogP contribution in [0, 0.1) is 5.92 Å². The Labute approximate surface area is 123 Å². The second-order valence-corrected chi connectivity index (χ2v) is 5.93. The van der Waals surface area contributed by atoms with Crippen LogP contribution in [-0.2, 0) is 18.2 Å². The van der Waals surface area contributed by atoms with E-state index in [4.69, 9.17) is 4.74 Å². The lowest BCUT2D eigenvalue weighted by Gasteiger charge is -2.37. The summed E-state index contributed by atoms with van der Waals surface area (Å²) in [5, 5.41) is 14.2. The van der Waals surface area contributed by atoms with E-state index < -0.39 is 0 Å². The molecule has 1 aromatic rings. The van der Waals surface area contributed by atoms with Crippen LogP contribution in [0.4, 0.5) is 4.79 Å². The van der Waals surface area contributed by atoms with Crippen molar-refractivity contribution in [3.8, 4) is 0 Å². The van der Waals surface area contributed by atoms with Crippen molar-refractivity contribution >= 4 is 6.03 Å². The van der Waals surface area contributed by atoms with E-state index in [1.54, 1.807) is 11.7 Å². The molecule has 0 bridgehead atoms. The second-order valence-electron chi connectivity index (χ2n) is 5.93. The Morgan fingerprint density at radius 1 is 1.43 bits per heavy atom. The van der Waals surface area contributed by atoms with E-state index in [1.807, 2.05) is 11.8 Å². The first-order chi connectivity index (χ1) is 10.1. The summed E-state index contributed by atoms with van der Waals surface area (Å²) >= 11 is 0. The van der Waals surface area contributed by atoms with E-state index in [-0.39, 0.29) is 18.2 Å². The fourth-order valence-electron chi connectivity index (χ4n) is 2.73. The van der Waals surface area contributed by atoms with E-state index >= 15 is 0 Å². The largest absolute Gasteiger partial charge is 0.371 e. The topological polar surface area (TPSA) is 85.2 Å². The highest BCUT2D eigenvalue weighted by molar-refractivity contribution is 5.74. The number of aryl methyl sites for hydroxylation is 1. The highest BCUT2D eigenvalue weighted by Gasteiger charge is 2.38. The SMILES string of the molecule is CC1CN(C(=O)NCCc2nnnn2C)CC(C2CC2)O1. The number of nitrogens with zero attached hydrogens (tertiary/aromatic N) is 5. The van der Waals surface area contributed by atoms with Crippen LogP contribution in [0.15, 0.2) is 0 Å². The zero-order valence-corrected chi connectivity index (χ0v) is 12.5. The maximum atomic E-state index is 12.2. The molecule has 2 amide bonds.